The molecular weight excluding hydrogens is 289 g/mol. The molecule has 2 nitrogen and oxygen atoms in total. The molecule has 0 amide bonds. The summed E-state index contributed by atoms with van der Waals surface area (Å²) in [5.41, 5.74) is 3.35. The van der Waals surface area contributed by atoms with E-state index in [0.29, 0.717) is 11.4 Å². The fraction of sp³-hybridized carbons (Fsp3) is 0.235. The van der Waals surface area contributed by atoms with E-state index < -0.39 is 5.82 Å². The number of benzene rings is 2. The van der Waals surface area contributed by atoms with Gasteiger partial charge in [0.2, 0.25) is 0 Å². The molecule has 0 aliphatic heterocycles. The number of nitrogens with zero attached hydrogens (tertiary/aromatic N) is 1. The number of rotatable bonds is 4. The molecule has 0 heterocycles. The highest BCUT2D eigenvalue weighted by atomic mass is 35.5. The van der Waals surface area contributed by atoms with E-state index in [0.717, 1.165) is 22.4 Å². The molecule has 0 fully saturated rings. The minimum atomic E-state index is -0.521. The zero-order chi connectivity index (χ0) is 15.4. The van der Waals surface area contributed by atoms with Gasteiger partial charge < -0.3 is 4.74 Å². The van der Waals surface area contributed by atoms with Crippen LogP contribution in [0.2, 0.25) is 0 Å². The van der Waals surface area contributed by atoms with Crippen molar-refractivity contribution >= 4 is 11.6 Å². The lowest BCUT2D eigenvalue weighted by Crippen LogP contribution is -2.03. The smallest absolute Gasteiger partial charge is 0.147 e. The molecule has 0 atom stereocenters. The van der Waals surface area contributed by atoms with Crippen LogP contribution in [0.25, 0.3) is 0 Å². The molecule has 0 aliphatic carbocycles. The van der Waals surface area contributed by atoms with Crippen molar-refractivity contribution in [1.82, 2.24) is 0 Å². The quantitative estimate of drug-likeness (QED) is 0.771. The topological polar surface area (TPSA) is 33.0 Å². The molecule has 108 valence electrons. The maximum atomic E-state index is 14.0. The van der Waals surface area contributed by atoms with Crippen molar-refractivity contribution in [3.8, 4) is 11.8 Å². The summed E-state index contributed by atoms with van der Waals surface area (Å²) < 4.78 is 19.7. The van der Waals surface area contributed by atoms with Gasteiger partial charge in [-0.05, 0) is 36.6 Å². The second kappa shape index (κ2) is 6.60. The van der Waals surface area contributed by atoms with Crippen molar-refractivity contribution in [2.75, 3.05) is 0 Å². The van der Waals surface area contributed by atoms with Crippen LogP contribution >= 0.6 is 11.6 Å². The maximum Gasteiger partial charge on any atom is 0.147 e. The zero-order valence-electron chi connectivity index (χ0n) is 11.9. The second-order valence-corrected chi connectivity index (χ2v) is 5.14. The van der Waals surface area contributed by atoms with Gasteiger partial charge in [0.25, 0.3) is 0 Å². The van der Waals surface area contributed by atoms with Crippen molar-refractivity contribution in [3.05, 3.63) is 64.0 Å². The third kappa shape index (κ3) is 3.34. The summed E-state index contributed by atoms with van der Waals surface area (Å²) in [5.74, 6) is 0.652. The van der Waals surface area contributed by atoms with Crippen LogP contribution < -0.4 is 4.74 Å². The first-order chi connectivity index (χ1) is 10.1. The van der Waals surface area contributed by atoms with Gasteiger partial charge in [-0.2, -0.15) is 5.26 Å². The Kier molecular flexibility index (Phi) is 4.82. The lowest BCUT2D eigenvalue weighted by atomic mass is 10.1. The molecule has 2 aromatic rings. The van der Waals surface area contributed by atoms with Crippen molar-refractivity contribution in [3.63, 3.8) is 0 Å². The zero-order valence-corrected chi connectivity index (χ0v) is 12.7. The summed E-state index contributed by atoms with van der Waals surface area (Å²) in [4.78, 5) is 0. The summed E-state index contributed by atoms with van der Waals surface area (Å²) in [6, 6.07) is 10.5. The van der Waals surface area contributed by atoms with Crippen LogP contribution in [0.4, 0.5) is 4.39 Å². The Labute approximate surface area is 128 Å². The van der Waals surface area contributed by atoms with E-state index in [9.17, 15) is 4.39 Å². The van der Waals surface area contributed by atoms with Crippen LogP contribution in [0, 0.1) is 31.0 Å². The van der Waals surface area contributed by atoms with Crippen LogP contribution in [0.15, 0.2) is 30.3 Å². The van der Waals surface area contributed by atoms with Gasteiger partial charge in [0.15, 0.2) is 0 Å². The molecule has 0 N–H and O–H groups in total. The average molecular weight is 304 g/mol. The van der Waals surface area contributed by atoms with Gasteiger partial charge in [-0.1, -0.05) is 24.3 Å². The Morgan fingerprint density at radius 1 is 1.24 bits per heavy atom. The highest BCUT2D eigenvalue weighted by molar-refractivity contribution is 6.17. The van der Waals surface area contributed by atoms with Crippen molar-refractivity contribution < 1.29 is 9.13 Å². The minimum Gasteiger partial charge on any atom is -0.488 e. The first-order valence-electron chi connectivity index (χ1n) is 6.53. The number of nitriles is 1. The largest absolute Gasteiger partial charge is 0.488 e. The summed E-state index contributed by atoms with van der Waals surface area (Å²) in [6.07, 6.45) is 0. The van der Waals surface area contributed by atoms with Gasteiger partial charge in [0.05, 0.1) is 5.56 Å². The number of hydrogen-bond donors (Lipinski definition) is 0. The van der Waals surface area contributed by atoms with Gasteiger partial charge in [-0.25, -0.2) is 4.39 Å². The highest BCUT2D eigenvalue weighted by Gasteiger charge is 2.11. The molecule has 2 aromatic carbocycles. The predicted octanol–water partition coefficient (Wildman–Crippen LogP) is 4.63. The summed E-state index contributed by atoms with van der Waals surface area (Å²) in [7, 11) is 0. The minimum absolute atomic E-state index is 0.0297. The van der Waals surface area contributed by atoms with Gasteiger partial charge in [-0.15, -0.1) is 11.6 Å². The molecule has 0 radical (unpaired) electrons. The molecule has 4 heteroatoms. The van der Waals surface area contributed by atoms with E-state index in [1.807, 2.05) is 32.0 Å². The van der Waals surface area contributed by atoms with E-state index in [2.05, 4.69) is 0 Å². The van der Waals surface area contributed by atoms with Crippen LogP contribution in [-0.2, 0) is 12.5 Å². The van der Waals surface area contributed by atoms with Crippen molar-refractivity contribution in [2.45, 2.75) is 26.3 Å². The SMILES string of the molecule is Cc1cc(CCl)cc(C)c1OCc1cccc(C#N)c1F. The molecule has 21 heavy (non-hydrogen) atoms. The first-order valence-corrected chi connectivity index (χ1v) is 7.06. The number of hydrogen-bond acceptors (Lipinski definition) is 2. The number of aryl methyl sites for hydroxylation is 2. The maximum absolute atomic E-state index is 14.0. The van der Waals surface area contributed by atoms with E-state index in [1.54, 1.807) is 12.1 Å². The molecule has 0 aromatic heterocycles. The van der Waals surface area contributed by atoms with E-state index in [-0.39, 0.29) is 12.2 Å². The lowest BCUT2D eigenvalue weighted by Gasteiger charge is -2.14. The molecule has 0 aliphatic rings. The van der Waals surface area contributed by atoms with Crippen LogP contribution in [0.1, 0.15) is 27.8 Å². The van der Waals surface area contributed by atoms with Crippen molar-refractivity contribution in [1.29, 1.82) is 5.26 Å². The third-order valence-electron chi connectivity index (χ3n) is 3.25. The standard InChI is InChI=1S/C17H15ClFNO/c1-11-6-13(8-18)7-12(2)17(11)21-10-15-5-3-4-14(9-20)16(15)19/h3-7H,8,10H2,1-2H3. The monoisotopic (exact) mass is 303 g/mol. The molecular formula is C17H15ClFNO. The Morgan fingerprint density at radius 2 is 1.90 bits per heavy atom. The molecule has 0 saturated heterocycles. The summed E-state index contributed by atoms with van der Waals surface area (Å²) in [6.45, 7) is 3.95. The first kappa shape index (κ1) is 15.3. The number of halogens is 2. The van der Waals surface area contributed by atoms with Gasteiger partial charge in [0, 0.05) is 11.4 Å². The molecule has 2 rings (SSSR count). The van der Waals surface area contributed by atoms with Gasteiger partial charge in [-0.3, -0.25) is 0 Å². The Bertz CT molecular complexity index is 683. The van der Waals surface area contributed by atoms with Crippen molar-refractivity contribution in [2.24, 2.45) is 0 Å². The Hall–Kier alpha value is -2.05. The molecule has 0 unspecified atom stereocenters. The molecule has 0 saturated carbocycles. The normalized spacial score (nSPS) is 10.2. The van der Waals surface area contributed by atoms with E-state index in [1.165, 1.54) is 6.07 Å². The number of alkyl halides is 1. The van der Waals surface area contributed by atoms with E-state index >= 15 is 0 Å². The lowest BCUT2D eigenvalue weighted by molar-refractivity contribution is 0.295. The fourth-order valence-electron chi connectivity index (χ4n) is 2.27. The van der Waals surface area contributed by atoms with Crippen LogP contribution in [-0.4, -0.2) is 0 Å². The predicted molar refractivity (Wildman–Crippen MR) is 80.9 cm³/mol. The summed E-state index contributed by atoms with van der Waals surface area (Å²) in [5, 5.41) is 8.83. The van der Waals surface area contributed by atoms with Gasteiger partial charge >= 0.3 is 0 Å². The van der Waals surface area contributed by atoms with Gasteiger partial charge in [0.1, 0.15) is 24.2 Å². The van der Waals surface area contributed by atoms with Crippen LogP contribution in [0.5, 0.6) is 5.75 Å². The third-order valence-corrected chi connectivity index (χ3v) is 3.55. The van der Waals surface area contributed by atoms with Crippen LogP contribution in [0.3, 0.4) is 0 Å². The second-order valence-electron chi connectivity index (χ2n) is 4.87. The highest BCUT2D eigenvalue weighted by Crippen LogP contribution is 2.27. The Morgan fingerprint density at radius 3 is 2.48 bits per heavy atom. The average Bonchev–Trinajstić information content (AvgIpc) is 2.47. The molecule has 0 spiro atoms. The Balaban J connectivity index is 2.23. The fourth-order valence-corrected chi connectivity index (χ4v) is 2.43. The number of ether oxygens (including phenoxy) is 1. The summed E-state index contributed by atoms with van der Waals surface area (Å²) >= 11 is 5.83. The van der Waals surface area contributed by atoms with E-state index in [4.69, 9.17) is 21.6 Å². The molecule has 0 bridgehead atoms.